The van der Waals surface area contributed by atoms with Gasteiger partial charge in [-0.2, -0.15) is 0 Å². The largest absolute Gasteiger partial charge is 0.482 e. The highest BCUT2D eigenvalue weighted by molar-refractivity contribution is 5.95. The molecule has 1 amide bonds. The van der Waals surface area contributed by atoms with Gasteiger partial charge in [0.2, 0.25) is 0 Å². The third kappa shape index (κ3) is 5.13. The van der Waals surface area contributed by atoms with E-state index in [1.54, 1.807) is 19.1 Å². The van der Waals surface area contributed by atoms with E-state index in [0.29, 0.717) is 17.1 Å². The Morgan fingerprint density at radius 3 is 2.00 bits per heavy atom. The van der Waals surface area contributed by atoms with Crippen LogP contribution in [0.5, 0.6) is 5.75 Å². The van der Waals surface area contributed by atoms with Crippen LogP contribution in [0.4, 0.5) is 16.2 Å². The molecule has 0 fully saturated rings. The van der Waals surface area contributed by atoms with Gasteiger partial charge in [-0.15, -0.1) is 0 Å². The van der Waals surface area contributed by atoms with Crippen molar-refractivity contribution in [2.45, 2.75) is 13.5 Å². The molecule has 0 bridgehead atoms. The molecular weight excluding hydrogens is 370 g/mol. The maximum absolute atomic E-state index is 12.9. The van der Waals surface area contributed by atoms with Crippen LogP contribution < -0.4 is 9.64 Å². The van der Waals surface area contributed by atoms with Crippen LogP contribution in [-0.2, 0) is 16.1 Å². The summed E-state index contributed by atoms with van der Waals surface area (Å²) in [6, 6.07) is 23.7. The Morgan fingerprint density at radius 2 is 1.45 bits per heavy atom. The van der Waals surface area contributed by atoms with Crippen LogP contribution in [0.1, 0.15) is 11.1 Å². The lowest BCUT2D eigenvalue weighted by atomic mass is 10.1. The summed E-state index contributed by atoms with van der Waals surface area (Å²) in [6.45, 7) is 1.40. The number of benzene rings is 3. The molecule has 0 saturated heterocycles. The molecule has 148 valence electrons. The van der Waals surface area contributed by atoms with Crippen molar-refractivity contribution in [3.63, 3.8) is 0 Å². The Balaban J connectivity index is 1.78. The fourth-order valence-electron chi connectivity index (χ4n) is 2.83. The van der Waals surface area contributed by atoms with E-state index in [4.69, 9.17) is 14.6 Å². The predicted octanol–water partition coefficient (Wildman–Crippen LogP) is 4.93. The summed E-state index contributed by atoms with van der Waals surface area (Å²) in [4.78, 5) is 25.2. The third-order valence-electron chi connectivity index (χ3n) is 4.31. The Bertz CT molecular complexity index is 934. The van der Waals surface area contributed by atoms with Gasteiger partial charge in [0, 0.05) is 0 Å². The minimum atomic E-state index is -1.05. The van der Waals surface area contributed by atoms with E-state index < -0.39 is 18.7 Å². The minimum absolute atomic E-state index is 0.0328. The SMILES string of the molecule is Cc1c(COC(=O)N(c2ccccc2)c2ccccc2)cccc1OCC(=O)O. The van der Waals surface area contributed by atoms with Gasteiger partial charge in [-0.25, -0.2) is 14.5 Å². The van der Waals surface area contributed by atoms with Gasteiger partial charge in [-0.3, -0.25) is 0 Å². The van der Waals surface area contributed by atoms with E-state index in [0.717, 1.165) is 11.1 Å². The molecule has 0 unspecified atom stereocenters. The van der Waals surface area contributed by atoms with Crippen LogP contribution >= 0.6 is 0 Å². The van der Waals surface area contributed by atoms with Crippen molar-refractivity contribution in [1.29, 1.82) is 0 Å². The van der Waals surface area contributed by atoms with Gasteiger partial charge in [0.15, 0.2) is 6.61 Å². The Labute approximate surface area is 168 Å². The number of hydrogen-bond donors (Lipinski definition) is 1. The van der Waals surface area contributed by atoms with Gasteiger partial charge in [0.25, 0.3) is 0 Å². The standard InChI is InChI=1S/C23H21NO5/c1-17-18(9-8-14-21(17)28-16-22(25)26)15-29-23(27)24(19-10-4-2-5-11-19)20-12-6-3-7-13-20/h2-14H,15-16H2,1H3,(H,25,26). The molecule has 0 aliphatic rings. The lowest BCUT2D eigenvalue weighted by Gasteiger charge is -2.22. The zero-order chi connectivity index (χ0) is 20.6. The van der Waals surface area contributed by atoms with Crippen molar-refractivity contribution in [1.82, 2.24) is 0 Å². The predicted molar refractivity (Wildman–Crippen MR) is 110 cm³/mol. The monoisotopic (exact) mass is 391 g/mol. The number of amides is 1. The van der Waals surface area contributed by atoms with Gasteiger partial charge >= 0.3 is 12.1 Å². The summed E-state index contributed by atoms with van der Waals surface area (Å²) in [7, 11) is 0. The maximum atomic E-state index is 12.9. The number of ether oxygens (including phenoxy) is 2. The molecule has 0 aliphatic heterocycles. The number of anilines is 2. The number of carboxylic acid groups (broad SMARTS) is 1. The number of carbonyl (C=O) groups excluding carboxylic acids is 1. The first-order chi connectivity index (χ1) is 14.1. The van der Waals surface area contributed by atoms with E-state index in [1.807, 2.05) is 66.7 Å². The molecule has 0 spiro atoms. The molecule has 6 heteroatoms. The molecule has 0 radical (unpaired) electrons. The van der Waals surface area contributed by atoms with Gasteiger partial charge in [0.05, 0.1) is 11.4 Å². The average Bonchev–Trinajstić information content (AvgIpc) is 2.74. The van der Waals surface area contributed by atoms with E-state index >= 15 is 0 Å². The van der Waals surface area contributed by atoms with Crippen LogP contribution in [0.3, 0.4) is 0 Å². The summed E-state index contributed by atoms with van der Waals surface area (Å²) in [5.41, 5.74) is 2.85. The number of para-hydroxylation sites is 2. The molecule has 0 saturated carbocycles. The molecular formula is C23H21NO5. The van der Waals surface area contributed by atoms with E-state index in [9.17, 15) is 9.59 Å². The second kappa shape index (κ2) is 9.41. The Morgan fingerprint density at radius 1 is 0.862 bits per heavy atom. The molecule has 3 rings (SSSR count). The van der Waals surface area contributed by atoms with Gasteiger partial charge in [-0.1, -0.05) is 48.5 Å². The maximum Gasteiger partial charge on any atom is 0.419 e. The first-order valence-electron chi connectivity index (χ1n) is 9.06. The van der Waals surface area contributed by atoms with Crippen molar-refractivity contribution in [2.75, 3.05) is 11.5 Å². The van der Waals surface area contributed by atoms with E-state index in [2.05, 4.69) is 0 Å². The summed E-state index contributed by atoms with van der Waals surface area (Å²) in [5, 5.41) is 8.79. The second-order valence-electron chi connectivity index (χ2n) is 6.28. The number of rotatable bonds is 7. The summed E-state index contributed by atoms with van der Waals surface area (Å²) < 4.78 is 10.9. The lowest BCUT2D eigenvalue weighted by Crippen LogP contribution is -2.26. The quantitative estimate of drug-likeness (QED) is 0.618. The molecule has 1 N–H and O–H groups in total. The highest BCUT2D eigenvalue weighted by atomic mass is 16.6. The normalized spacial score (nSPS) is 10.2. The average molecular weight is 391 g/mol. The molecule has 0 aliphatic carbocycles. The topological polar surface area (TPSA) is 76.1 Å². The van der Waals surface area contributed by atoms with Crippen molar-refractivity contribution in [2.24, 2.45) is 0 Å². The van der Waals surface area contributed by atoms with Gasteiger partial charge in [-0.05, 0) is 48.4 Å². The van der Waals surface area contributed by atoms with E-state index in [-0.39, 0.29) is 6.61 Å². The number of aliphatic carboxylic acids is 1. The van der Waals surface area contributed by atoms with Crippen molar-refractivity contribution in [3.05, 3.63) is 90.0 Å². The molecule has 0 aromatic heterocycles. The molecule has 29 heavy (non-hydrogen) atoms. The Kier molecular flexibility index (Phi) is 6.47. The Hall–Kier alpha value is -3.80. The lowest BCUT2D eigenvalue weighted by molar-refractivity contribution is -0.139. The minimum Gasteiger partial charge on any atom is -0.482 e. The van der Waals surface area contributed by atoms with Crippen molar-refractivity contribution in [3.8, 4) is 5.75 Å². The van der Waals surface area contributed by atoms with Gasteiger partial charge in [0.1, 0.15) is 12.4 Å². The highest BCUT2D eigenvalue weighted by Crippen LogP contribution is 2.27. The molecule has 3 aromatic rings. The molecule has 0 heterocycles. The number of hydrogen-bond acceptors (Lipinski definition) is 4. The van der Waals surface area contributed by atoms with Crippen molar-refractivity contribution < 1.29 is 24.2 Å². The van der Waals surface area contributed by atoms with Crippen LogP contribution in [0.2, 0.25) is 0 Å². The van der Waals surface area contributed by atoms with Gasteiger partial charge < -0.3 is 14.6 Å². The molecule has 0 atom stereocenters. The first-order valence-corrected chi connectivity index (χ1v) is 9.06. The highest BCUT2D eigenvalue weighted by Gasteiger charge is 2.20. The number of carboxylic acids is 1. The third-order valence-corrected chi connectivity index (χ3v) is 4.31. The second-order valence-corrected chi connectivity index (χ2v) is 6.28. The summed E-state index contributed by atoms with van der Waals surface area (Å²) >= 11 is 0. The number of carbonyl (C=O) groups is 2. The van der Waals surface area contributed by atoms with Crippen LogP contribution in [0, 0.1) is 6.92 Å². The van der Waals surface area contributed by atoms with Crippen LogP contribution in [-0.4, -0.2) is 23.8 Å². The smallest absolute Gasteiger partial charge is 0.419 e. The number of nitrogens with zero attached hydrogens (tertiary/aromatic N) is 1. The fourth-order valence-corrected chi connectivity index (χ4v) is 2.83. The summed E-state index contributed by atoms with van der Waals surface area (Å²) in [5.74, 6) is -0.605. The zero-order valence-corrected chi connectivity index (χ0v) is 15.9. The van der Waals surface area contributed by atoms with Crippen LogP contribution in [0.25, 0.3) is 0 Å². The summed E-state index contributed by atoms with van der Waals surface area (Å²) in [6.07, 6.45) is -0.515. The fraction of sp³-hybridized carbons (Fsp3) is 0.130. The zero-order valence-electron chi connectivity index (χ0n) is 15.9. The van der Waals surface area contributed by atoms with Crippen LogP contribution in [0.15, 0.2) is 78.9 Å². The molecule has 6 nitrogen and oxygen atoms in total. The van der Waals surface area contributed by atoms with E-state index in [1.165, 1.54) is 4.90 Å². The molecule has 3 aromatic carbocycles. The van der Waals surface area contributed by atoms with Crippen molar-refractivity contribution >= 4 is 23.4 Å². The first kappa shape index (κ1) is 19.9.